The Kier molecular flexibility index (Phi) is 5.76. The van der Waals surface area contributed by atoms with Crippen molar-refractivity contribution in [3.05, 3.63) is 28.8 Å². The zero-order valence-corrected chi connectivity index (χ0v) is 13.1. The molecule has 0 saturated carbocycles. The Balaban J connectivity index is 2.67. The van der Waals surface area contributed by atoms with Crippen LogP contribution in [0.3, 0.4) is 0 Å². The fourth-order valence-corrected chi connectivity index (χ4v) is 2.01. The van der Waals surface area contributed by atoms with Crippen LogP contribution < -0.4 is 15.2 Å². The topological polar surface area (TPSA) is 78.5 Å². The third-order valence-electron chi connectivity index (χ3n) is 3.36. The van der Waals surface area contributed by atoms with Crippen LogP contribution in [0.4, 0.5) is 0 Å². The lowest BCUT2D eigenvalue weighted by Crippen LogP contribution is -2.51. The van der Waals surface area contributed by atoms with Crippen LogP contribution in [0.5, 0.6) is 5.75 Å². The Morgan fingerprint density at radius 2 is 1.86 bits per heavy atom. The molecule has 5 nitrogen and oxygen atoms in total. The second-order valence-electron chi connectivity index (χ2n) is 5.60. The number of carboxylic acid groups (broad SMARTS) is 1. The number of rotatable bonds is 6. The third kappa shape index (κ3) is 4.77. The molecule has 0 unspecified atom stereocenters. The molecule has 1 aromatic rings. The molecule has 1 atom stereocenters. The van der Waals surface area contributed by atoms with Gasteiger partial charge in [0.05, 0.1) is 12.0 Å². The molecule has 0 spiro atoms. The van der Waals surface area contributed by atoms with Gasteiger partial charge < -0.3 is 20.0 Å². The zero-order valence-electron chi connectivity index (χ0n) is 13.1. The van der Waals surface area contributed by atoms with Gasteiger partial charge in [0.1, 0.15) is 5.75 Å². The molecule has 0 radical (unpaired) electrons. The van der Waals surface area contributed by atoms with Crippen LogP contribution in [0.2, 0.25) is 0 Å². The number of carbonyl (C=O) groups is 2. The van der Waals surface area contributed by atoms with E-state index in [1.807, 2.05) is 32.9 Å². The molecule has 1 aromatic carbocycles. The second kappa shape index (κ2) is 7.11. The molecule has 0 aromatic heterocycles. The summed E-state index contributed by atoms with van der Waals surface area (Å²) in [7, 11) is 0. The van der Waals surface area contributed by atoms with Crippen LogP contribution in [-0.2, 0) is 9.59 Å². The van der Waals surface area contributed by atoms with Crippen molar-refractivity contribution in [2.24, 2.45) is 5.92 Å². The number of hydrogen-bond acceptors (Lipinski definition) is 4. The molecule has 0 aliphatic rings. The molecule has 0 fully saturated rings. The van der Waals surface area contributed by atoms with Crippen LogP contribution in [0.25, 0.3) is 0 Å². The van der Waals surface area contributed by atoms with Gasteiger partial charge in [-0.25, -0.2) is 0 Å². The van der Waals surface area contributed by atoms with E-state index in [-0.39, 0.29) is 12.5 Å². The van der Waals surface area contributed by atoms with E-state index in [9.17, 15) is 14.7 Å². The quantitative estimate of drug-likeness (QED) is 0.844. The summed E-state index contributed by atoms with van der Waals surface area (Å²) in [5, 5.41) is 13.3. The second-order valence-corrected chi connectivity index (χ2v) is 5.60. The van der Waals surface area contributed by atoms with Gasteiger partial charge >= 0.3 is 0 Å². The van der Waals surface area contributed by atoms with E-state index in [0.717, 1.165) is 16.7 Å². The highest BCUT2D eigenvalue weighted by molar-refractivity contribution is 5.83. The van der Waals surface area contributed by atoms with Crippen molar-refractivity contribution in [2.75, 3.05) is 6.61 Å². The summed E-state index contributed by atoms with van der Waals surface area (Å²) in [5.74, 6) is -1.38. The normalized spacial score (nSPS) is 12.1. The Bertz CT molecular complexity index is 537. The number of carbonyl (C=O) groups excluding carboxylic acids is 2. The third-order valence-corrected chi connectivity index (χ3v) is 3.36. The smallest absolute Gasteiger partial charge is 0.258 e. The first-order chi connectivity index (χ1) is 9.72. The monoisotopic (exact) mass is 292 g/mol. The summed E-state index contributed by atoms with van der Waals surface area (Å²) >= 11 is 0. The summed E-state index contributed by atoms with van der Waals surface area (Å²) in [4.78, 5) is 22.7. The van der Waals surface area contributed by atoms with Crippen molar-refractivity contribution in [1.82, 2.24) is 5.32 Å². The highest BCUT2D eigenvalue weighted by Crippen LogP contribution is 2.23. The van der Waals surface area contributed by atoms with Gasteiger partial charge in [0, 0.05) is 0 Å². The van der Waals surface area contributed by atoms with Gasteiger partial charge in [-0.15, -0.1) is 0 Å². The van der Waals surface area contributed by atoms with Crippen molar-refractivity contribution in [1.29, 1.82) is 0 Å². The zero-order chi connectivity index (χ0) is 16.2. The lowest BCUT2D eigenvalue weighted by Gasteiger charge is -2.23. The Morgan fingerprint density at radius 1 is 1.24 bits per heavy atom. The van der Waals surface area contributed by atoms with Crippen LogP contribution in [0.1, 0.15) is 30.5 Å². The molecule has 1 N–H and O–H groups in total. The van der Waals surface area contributed by atoms with Crippen molar-refractivity contribution in [2.45, 2.75) is 40.7 Å². The molecule has 0 aliphatic carbocycles. The van der Waals surface area contributed by atoms with Gasteiger partial charge in [-0.3, -0.25) is 4.79 Å². The summed E-state index contributed by atoms with van der Waals surface area (Å²) in [6.45, 7) is 9.02. The Labute approximate surface area is 125 Å². The summed E-state index contributed by atoms with van der Waals surface area (Å²) in [5.41, 5.74) is 3.09. The number of benzene rings is 1. The summed E-state index contributed by atoms with van der Waals surface area (Å²) in [6.07, 6.45) is 0. The average molecular weight is 292 g/mol. The fraction of sp³-hybridized carbons (Fsp3) is 0.500. The minimum atomic E-state index is -1.29. The van der Waals surface area contributed by atoms with Gasteiger partial charge in [0.25, 0.3) is 5.91 Å². The first-order valence-electron chi connectivity index (χ1n) is 6.93. The lowest BCUT2D eigenvalue weighted by molar-refractivity contribution is -0.309. The van der Waals surface area contributed by atoms with E-state index in [2.05, 4.69) is 5.32 Å². The number of aryl methyl sites for hydroxylation is 2. The van der Waals surface area contributed by atoms with E-state index in [1.165, 1.54) is 0 Å². The van der Waals surface area contributed by atoms with Crippen molar-refractivity contribution in [3.8, 4) is 5.75 Å². The number of ether oxygens (including phenoxy) is 1. The van der Waals surface area contributed by atoms with Gasteiger partial charge in [-0.05, 0) is 49.4 Å². The molecule has 0 bridgehead atoms. The van der Waals surface area contributed by atoms with Crippen LogP contribution in [0, 0.1) is 26.7 Å². The van der Waals surface area contributed by atoms with Crippen molar-refractivity contribution >= 4 is 11.9 Å². The molecule has 21 heavy (non-hydrogen) atoms. The SMILES string of the molecule is Cc1cc(C)c(C)c(OCC(=O)N[C@H](C(=O)[O-])C(C)C)c1. The van der Waals surface area contributed by atoms with Crippen LogP contribution >= 0.6 is 0 Å². The van der Waals surface area contributed by atoms with Gasteiger partial charge in [0.2, 0.25) is 0 Å². The van der Waals surface area contributed by atoms with Crippen LogP contribution in [-0.4, -0.2) is 24.5 Å². The maximum absolute atomic E-state index is 11.8. The standard InChI is InChI=1S/C16H23NO4/c1-9(2)15(16(19)20)17-14(18)8-21-13-7-10(3)6-11(4)12(13)5/h6-7,9,15H,8H2,1-5H3,(H,17,18)(H,19,20)/p-1/t15-/m0/s1. The molecule has 116 valence electrons. The molecule has 0 saturated heterocycles. The van der Waals surface area contributed by atoms with E-state index in [4.69, 9.17) is 4.74 Å². The fourth-order valence-electron chi connectivity index (χ4n) is 2.01. The number of aliphatic carboxylic acids is 1. The maximum atomic E-state index is 11.8. The number of nitrogens with one attached hydrogen (secondary N) is 1. The highest BCUT2D eigenvalue weighted by Gasteiger charge is 2.17. The van der Waals surface area contributed by atoms with E-state index in [1.54, 1.807) is 13.8 Å². The van der Waals surface area contributed by atoms with E-state index in [0.29, 0.717) is 5.75 Å². The van der Waals surface area contributed by atoms with Crippen LogP contribution in [0.15, 0.2) is 12.1 Å². The minimum absolute atomic E-state index is 0.222. The maximum Gasteiger partial charge on any atom is 0.258 e. The predicted molar refractivity (Wildman–Crippen MR) is 77.9 cm³/mol. The molecule has 1 amide bonds. The first kappa shape index (κ1) is 17.0. The van der Waals surface area contributed by atoms with Crippen molar-refractivity contribution < 1.29 is 19.4 Å². The van der Waals surface area contributed by atoms with Gasteiger partial charge in [-0.1, -0.05) is 19.9 Å². The number of amides is 1. The summed E-state index contributed by atoms with van der Waals surface area (Å²) in [6, 6.07) is 2.88. The Morgan fingerprint density at radius 3 is 2.38 bits per heavy atom. The predicted octanol–water partition coefficient (Wildman–Crippen LogP) is 0.881. The molecule has 5 heteroatoms. The molecular formula is C16H22NO4-. The number of carboxylic acids is 1. The van der Waals surface area contributed by atoms with Gasteiger partial charge in [0.15, 0.2) is 6.61 Å². The van der Waals surface area contributed by atoms with Crippen molar-refractivity contribution in [3.63, 3.8) is 0 Å². The lowest BCUT2D eigenvalue weighted by atomic mass is 10.0. The molecule has 1 rings (SSSR count). The average Bonchev–Trinajstić information content (AvgIpc) is 2.37. The largest absolute Gasteiger partial charge is 0.548 e. The number of hydrogen-bond donors (Lipinski definition) is 1. The molecular weight excluding hydrogens is 270 g/mol. The summed E-state index contributed by atoms with van der Waals surface area (Å²) < 4.78 is 5.50. The van der Waals surface area contributed by atoms with E-state index >= 15 is 0 Å². The van der Waals surface area contributed by atoms with Gasteiger partial charge in [-0.2, -0.15) is 0 Å². The highest BCUT2D eigenvalue weighted by atomic mass is 16.5. The minimum Gasteiger partial charge on any atom is -0.548 e. The molecule has 0 heterocycles. The first-order valence-corrected chi connectivity index (χ1v) is 6.93. The Hall–Kier alpha value is -2.04. The molecule has 0 aliphatic heterocycles. The van der Waals surface area contributed by atoms with E-state index < -0.39 is 17.9 Å².